The molecule has 1 amide bonds. The van der Waals surface area contributed by atoms with Gasteiger partial charge in [0.1, 0.15) is 17.5 Å². The van der Waals surface area contributed by atoms with Crippen molar-refractivity contribution >= 4 is 22.6 Å². The van der Waals surface area contributed by atoms with Crippen molar-refractivity contribution < 1.29 is 18.0 Å². The van der Waals surface area contributed by atoms with Gasteiger partial charge in [-0.2, -0.15) is 0 Å². The number of nitrogens with zero attached hydrogens (tertiary/aromatic N) is 4. The van der Waals surface area contributed by atoms with Gasteiger partial charge >= 0.3 is 0 Å². The average Bonchev–Trinajstić information content (AvgIpc) is 3.32. The van der Waals surface area contributed by atoms with Crippen LogP contribution in [0.4, 0.5) is 19.0 Å². The number of anilines is 1. The topological polar surface area (TPSA) is 72.2 Å². The van der Waals surface area contributed by atoms with Crippen molar-refractivity contribution in [3.05, 3.63) is 58.7 Å². The van der Waals surface area contributed by atoms with E-state index < -0.39 is 23.8 Å². The highest BCUT2D eigenvalue weighted by Crippen LogP contribution is 2.29. The fraction of sp³-hybridized carbons (Fsp3) is 0.417. The molecule has 2 heterocycles. The molecule has 1 aliphatic carbocycles. The molecule has 0 spiro atoms. The smallest absolute Gasteiger partial charge is 0.266 e. The molecule has 1 fully saturated rings. The van der Waals surface area contributed by atoms with Crippen molar-refractivity contribution in [3.8, 4) is 0 Å². The fourth-order valence-corrected chi connectivity index (χ4v) is 4.25. The lowest BCUT2D eigenvalue weighted by Gasteiger charge is -2.14. The molecule has 0 aliphatic heterocycles. The van der Waals surface area contributed by atoms with Crippen LogP contribution in [0.1, 0.15) is 62.0 Å². The Kier molecular flexibility index (Phi) is 6.49. The molecule has 9 heteroatoms. The van der Waals surface area contributed by atoms with E-state index in [4.69, 9.17) is 0 Å². The van der Waals surface area contributed by atoms with Crippen LogP contribution in [0.25, 0.3) is 10.9 Å². The summed E-state index contributed by atoms with van der Waals surface area (Å²) in [7, 11) is 1.84. The largest absolute Gasteiger partial charge is 0.331 e. The summed E-state index contributed by atoms with van der Waals surface area (Å²) in [5, 5.41) is 3.50. The van der Waals surface area contributed by atoms with Gasteiger partial charge in [0.2, 0.25) is 5.91 Å². The summed E-state index contributed by atoms with van der Waals surface area (Å²) < 4.78 is 42.8. The summed E-state index contributed by atoms with van der Waals surface area (Å²) in [4.78, 5) is 26.0. The van der Waals surface area contributed by atoms with Crippen LogP contribution in [-0.4, -0.2) is 20.4 Å². The van der Waals surface area contributed by atoms with Gasteiger partial charge in [0, 0.05) is 23.9 Å². The molecule has 1 saturated carbocycles. The van der Waals surface area contributed by atoms with Crippen LogP contribution in [0.5, 0.6) is 0 Å². The summed E-state index contributed by atoms with van der Waals surface area (Å²) in [6.07, 6.45) is 2.56. The SMILES string of the molecule is Cc1nc(=N[C@H](C)c2cccc(C(F)F)c2F)c2cc(NC(=O)C3CCCC3)ncc2n1C. The number of hydrogen-bond donors (Lipinski definition) is 1. The maximum atomic E-state index is 14.7. The number of rotatable bonds is 5. The molecule has 0 saturated heterocycles. The van der Waals surface area contributed by atoms with E-state index in [9.17, 15) is 18.0 Å². The second-order valence-corrected chi connectivity index (χ2v) is 8.46. The minimum atomic E-state index is -2.91. The van der Waals surface area contributed by atoms with E-state index in [1.54, 1.807) is 26.1 Å². The zero-order valence-corrected chi connectivity index (χ0v) is 18.8. The van der Waals surface area contributed by atoms with Gasteiger partial charge in [-0.1, -0.05) is 31.0 Å². The van der Waals surface area contributed by atoms with Gasteiger partial charge in [0.15, 0.2) is 5.49 Å². The molecule has 33 heavy (non-hydrogen) atoms. The zero-order chi connectivity index (χ0) is 23.7. The zero-order valence-electron chi connectivity index (χ0n) is 18.8. The van der Waals surface area contributed by atoms with Crippen LogP contribution in [0.3, 0.4) is 0 Å². The molecule has 1 atom stereocenters. The van der Waals surface area contributed by atoms with Crippen LogP contribution < -0.4 is 10.8 Å². The number of hydrogen-bond acceptors (Lipinski definition) is 4. The van der Waals surface area contributed by atoms with Crippen LogP contribution in [0.15, 0.2) is 35.5 Å². The second kappa shape index (κ2) is 9.33. The predicted octanol–water partition coefficient (Wildman–Crippen LogP) is 5.14. The van der Waals surface area contributed by atoms with Gasteiger partial charge in [-0.15, -0.1) is 0 Å². The molecular formula is C24H26F3N5O. The number of fused-ring (bicyclic) bond motifs is 1. The Labute approximate surface area is 189 Å². The molecule has 0 bridgehead atoms. The normalized spacial score (nSPS) is 16.0. The first-order valence-electron chi connectivity index (χ1n) is 11.0. The number of amides is 1. The van der Waals surface area contributed by atoms with E-state index in [1.807, 2.05) is 11.6 Å². The maximum Gasteiger partial charge on any atom is 0.266 e. The molecular weight excluding hydrogens is 431 g/mol. The van der Waals surface area contributed by atoms with Crippen LogP contribution in [-0.2, 0) is 11.8 Å². The summed E-state index contributed by atoms with van der Waals surface area (Å²) >= 11 is 0. The summed E-state index contributed by atoms with van der Waals surface area (Å²) in [5.74, 6) is 0.0165. The van der Waals surface area contributed by atoms with Crippen LogP contribution in [0.2, 0.25) is 0 Å². The van der Waals surface area contributed by atoms with Crippen LogP contribution in [0, 0.1) is 18.7 Å². The number of carbonyl (C=O) groups excluding carboxylic acids is 1. The van der Waals surface area contributed by atoms with Crippen LogP contribution >= 0.6 is 0 Å². The molecule has 1 aromatic carbocycles. The first-order valence-corrected chi connectivity index (χ1v) is 11.0. The van der Waals surface area contributed by atoms with E-state index in [0.29, 0.717) is 22.5 Å². The minimum absolute atomic E-state index is 0.0102. The highest BCUT2D eigenvalue weighted by molar-refractivity contribution is 5.93. The summed E-state index contributed by atoms with van der Waals surface area (Å²) in [6, 6.07) is 4.86. The van der Waals surface area contributed by atoms with E-state index >= 15 is 0 Å². The molecule has 0 unspecified atom stereocenters. The molecule has 3 aromatic rings. The Hall–Kier alpha value is -3.23. The predicted molar refractivity (Wildman–Crippen MR) is 119 cm³/mol. The maximum absolute atomic E-state index is 14.7. The lowest BCUT2D eigenvalue weighted by molar-refractivity contribution is -0.119. The lowest BCUT2D eigenvalue weighted by Crippen LogP contribution is -2.22. The number of pyridine rings is 1. The van der Waals surface area contributed by atoms with E-state index in [1.165, 1.54) is 12.1 Å². The Morgan fingerprint density at radius 2 is 1.94 bits per heavy atom. The number of carbonyl (C=O) groups is 1. The number of alkyl halides is 2. The van der Waals surface area contributed by atoms with Crippen molar-refractivity contribution in [2.24, 2.45) is 18.0 Å². The Balaban J connectivity index is 1.77. The third kappa shape index (κ3) is 4.62. The summed E-state index contributed by atoms with van der Waals surface area (Å²) in [6.45, 7) is 3.43. The van der Waals surface area contributed by atoms with E-state index in [0.717, 1.165) is 37.3 Å². The minimum Gasteiger partial charge on any atom is -0.331 e. The quantitative estimate of drug-likeness (QED) is 0.576. The van der Waals surface area contributed by atoms with Gasteiger partial charge in [-0.3, -0.25) is 9.79 Å². The van der Waals surface area contributed by atoms with Gasteiger partial charge in [-0.25, -0.2) is 23.1 Å². The van der Waals surface area contributed by atoms with Crippen molar-refractivity contribution in [1.29, 1.82) is 0 Å². The second-order valence-electron chi connectivity index (χ2n) is 8.46. The standard InChI is InChI=1S/C24H26F3N5O/c1-13(16-9-6-10-17(21(16)25)22(26)27)29-23-18-11-20(31-24(33)15-7-4-5-8-15)28-12-19(18)32(3)14(2)30-23/h6,9-13,15,22H,4-5,7-8H2,1-3H3,(H,28,31,33)/t13-/m1/s1. The number of aryl methyl sites for hydroxylation is 2. The first kappa shape index (κ1) is 22.9. The van der Waals surface area contributed by atoms with Crippen molar-refractivity contribution in [2.75, 3.05) is 5.32 Å². The highest BCUT2D eigenvalue weighted by atomic mass is 19.3. The van der Waals surface area contributed by atoms with Crippen molar-refractivity contribution in [2.45, 2.75) is 52.0 Å². The molecule has 4 rings (SSSR count). The fourth-order valence-electron chi connectivity index (χ4n) is 4.25. The molecule has 2 aromatic heterocycles. The molecule has 1 aliphatic rings. The lowest BCUT2D eigenvalue weighted by atomic mass is 10.0. The molecule has 0 radical (unpaired) electrons. The van der Waals surface area contributed by atoms with Gasteiger partial charge in [-0.05, 0) is 32.8 Å². The Morgan fingerprint density at radius 3 is 2.64 bits per heavy atom. The van der Waals surface area contributed by atoms with Gasteiger partial charge in [0.05, 0.1) is 23.3 Å². The molecule has 1 N–H and O–H groups in total. The monoisotopic (exact) mass is 457 g/mol. The Morgan fingerprint density at radius 1 is 1.24 bits per heavy atom. The van der Waals surface area contributed by atoms with E-state index in [2.05, 4.69) is 20.3 Å². The third-order valence-electron chi connectivity index (χ3n) is 6.28. The van der Waals surface area contributed by atoms with Gasteiger partial charge < -0.3 is 9.88 Å². The molecule has 6 nitrogen and oxygen atoms in total. The first-order chi connectivity index (χ1) is 15.8. The highest BCUT2D eigenvalue weighted by Gasteiger charge is 2.23. The van der Waals surface area contributed by atoms with Crippen molar-refractivity contribution in [1.82, 2.24) is 14.5 Å². The third-order valence-corrected chi connectivity index (χ3v) is 6.28. The molecule has 174 valence electrons. The van der Waals surface area contributed by atoms with E-state index in [-0.39, 0.29) is 17.4 Å². The number of benzene rings is 1. The number of nitrogens with one attached hydrogen (secondary N) is 1. The van der Waals surface area contributed by atoms with Gasteiger partial charge in [0.25, 0.3) is 6.43 Å². The summed E-state index contributed by atoms with van der Waals surface area (Å²) in [5.41, 5.74) is 0.476. The number of aromatic nitrogens is 3. The average molecular weight is 458 g/mol. The number of halogens is 3. The van der Waals surface area contributed by atoms with Crippen molar-refractivity contribution in [3.63, 3.8) is 0 Å². The Bertz CT molecular complexity index is 1260.